The second kappa shape index (κ2) is 18.0. The van der Waals surface area contributed by atoms with Gasteiger partial charge in [0, 0.05) is 53.8 Å². The van der Waals surface area contributed by atoms with Gasteiger partial charge in [-0.3, -0.25) is 4.79 Å². The molecule has 0 bridgehead atoms. The number of carbonyl (C=O) groups excluding carboxylic acids is 3. The summed E-state index contributed by atoms with van der Waals surface area (Å²) in [6.07, 6.45) is 1.69. The summed E-state index contributed by atoms with van der Waals surface area (Å²) >= 11 is 6.79. The second-order valence-corrected chi connectivity index (χ2v) is 16.6. The molecule has 2 fully saturated rings. The molecule has 5 rings (SSSR count). The van der Waals surface area contributed by atoms with Crippen molar-refractivity contribution in [3.8, 4) is 16.9 Å². The lowest BCUT2D eigenvalue weighted by atomic mass is 9.86. The third-order valence-corrected chi connectivity index (χ3v) is 9.87. The van der Waals surface area contributed by atoms with E-state index in [1.165, 1.54) is 12.1 Å². The van der Waals surface area contributed by atoms with Crippen LogP contribution < -0.4 is 21.1 Å². The van der Waals surface area contributed by atoms with Crippen LogP contribution in [0.5, 0.6) is 5.75 Å². The third-order valence-electron chi connectivity index (χ3n) is 9.54. The molecule has 13 heteroatoms. The van der Waals surface area contributed by atoms with Crippen molar-refractivity contribution in [1.82, 2.24) is 15.5 Å². The Kier molecular flexibility index (Phi) is 13.7. The first-order chi connectivity index (χ1) is 26.0. The number of halogens is 2. The van der Waals surface area contributed by atoms with Gasteiger partial charge in [0.15, 0.2) is 11.6 Å². The number of carbonyl (C=O) groups is 3. The summed E-state index contributed by atoms with van der Waals surface area (Å²) in [6, 6.07) is 17.5. The van der Waals surface area contributed by atoms with E-state index in [0.717, 1.165) is 24.2 Å². The van der Waals surface area contributed by atoms with E-state index in [1.54, 1.807) is 17.0 Å². The van der Waals surface area contributed by atoms with Crippen LogP contribution in [-0.2, 0) is 14.2 Å². The molecule has 0 radical (unpaired) electrons. The van der Waals surface area contributed by atoms with Gasteiger partial charge in [0.1, 0.15) is 17.8 Å². The van der Waals surface area contributed by atoms with E-state index in [4.69, 9.17) is 36.3 Å². The van der Waals surface area contributed by atoms with Crippen LogP contribution in [0.25, 0.3) is 11.1 Å². The lowest BCUT2D eigenvalue weighted by Gasteiger charge is -2.39. The number of benzene rings is 3. The highest BCUT2D eigenvalue weighted by Gasteiger charge is 2.35. The maximum absolute atomic E-state index is 16.4. The monoisotopic (exact) mass is 780 g/mol. The van der Waals surface area contributed by atoms with E-state index in [0.29, 0.717) is 25.7 Å². The number of ether oxygens (including phenoxy) is 4. The number of hydrogen-bond acceptors (Lipinski definition) is 8. The van der Waals surface area contributed by atoms with Crippen LogP contribution >= 0.6 is 11.6 Å². The van der Waals surface area contributed by atoms with Crippen LogP contribution in [0.3, 0.4) is 0 Å². The van der Waals surface area contributed by atoms with Gasteiger partial charge < -0.3 is 40.2 Å². The van der Waals surface area contributed by atoms with Crippen LogP contribution in [0, 0.1) is 5.82 Å². The van der Waals surface area contributed by atoms with Crippen molar-refractivity contribution >= 4 is 29.7 Å². The van der Waals surface area contributed by atoms with Gasteiger partial charge in [-0.15, -0.1) is 0 Å². The summed E-state index contributed by atoms with van der Waals surface area (Å²) in [5.41, 5.74) is 6.16. The average Bonchev–Trinajstić information content (AvgIpc) is 3.08. The fraction of sp³-hybridized carbons (Fsp3) is 0.500. The molecule has 0 aromatic heterocycles. The van der Waals surface area contributed by atoms with Gasteiger partial charge in [0.05, 0.1) is 18.3 Å². The molecule has 11 nitrogen and oxygen atoms in total. The lowest BCUT2D eigenvalue weighted by Crippen LogP contribution is -2.49. The second-order valence-electron chi connectivity index (χ2n) is 16.2. The van der Waals surface area contributed by atoms with Gasteiger partial charge in [0.25, 0.3) is 0 Å². The zero-order valence-electron chi connectivity index (χ0n) is 32.6. The molecule has 1 saturated carbocycles. The Morgan fingerprint density at radius 2 is 1.58 bits per heavy atom. The maximum atomic E-state index is 16.4. The van der Waals surface area contributed by atoms with E-state index in [2.05, 4.69) is 10.6 Å². The molecule has 2 aliphatic rings. The van der Waals surface area contributed by atoms with Crippen molar-refractivity contribution in [3.63, 3.8) is 0 Å². The summed E-state index contributed by atoms with van der Waals surface area (Å²) in [5, 5.41) is 6.31. The van der Waals surface area contributed by atoms with Gasteiger partial charge in [-0.1, -0.05) is 48.0 Å². The Balaban J connectivity index is 1.47. The molecule has 1 atom stereocenters. The Labute approximate surface area is 328 Å². The number of nitrogens with two attached hydrogens (primary N) is 1. The van der Waals surface area contributed by atoms with Crippen molar-refractivity contribution in [2.45, 2.75) is 103 Å². The SMILES string of the molecule is CC(C)(C)OC(=O)NC1CCC(N(CC(c2ccccc2)c2ccc(Cl)c(-c3c(C(N)=O)ccc(OCCOC4CNC4)c3F)c2)C(=O)OC(C)(C)C)CC1. The summed E-state index contributed by atoms with van der Waals surface area (Å²) in [5.74, 6) is -2.08. The normalized spacial score (nSPS) is 18.1. The summed E-state index contributed by atoms with van der Waals surface area (Å²) in [4.78, 5) is 41.0. The highest BCUT2D eigenvalue weighted by molar-refractivity contribution is 6.33. The minimum Gasteiger partial charge on any atom is -0.488 e. The predicted molar refractivity (Wildman–Crippen MR) is 210 cm³/mol. The quantitative estimate of drug-likeness (QED) is 0.149. The molecule has 4 N–H and O–H groups in total. The van der Waals surface area contributed by atoms with Crippen molar-refractivity contribution < 1.29 is 37.7 Å². The number of primary amides is 1. The van der Waals surface area contributed by atoms with Gasteiger partial charge in [-0.05, 0) is 103 Å². The Morgan fingerprint density at radius 1 is 0.909 bits per heavy atom. The molecule has 1 aliphatic heterocycles. The molecule has 298 valence electrons. The van der Waals surface area contributed by atoms with E-state index < -0.39 is 41.0 Å². The van der Waals surface area contributed by atoms with Crippen LogP contribution in [0.4, 0.5) is 14.0 Å². The number of hydrogen-bond donors (Lipinski definition) is 3. The zero-order chi connectivity index (χ0) is 39.9. The molecular formula is C42H54ClFN4O7. The summed E-state index contributed by atoms with van der Waals surface area (Å²) < 4.78 is 39.4. The Bertz CT molecular complexity index is 1800. The lowest BCUT2D eigenvalue weighted by molar-refractivity contribution is 0.00410. The Hall–Kier alpha value is -4.39. The van der Waals surface area contributed by atoms with E-state index >= 15 is 4.39 Å². The molecule has 1 aliphatic carbocycles. The minimum absolute atomic E-state index is 0.0518. The standard InChI is InChI=1S/C42H54ClFN4O7/c1-41(2,3)54-39(50)47-28-13-15-29(16-14-28)48(40(51)55-42(4,5)6)25-33(26-10-8-7-9-11-26)27-12-18-34(43)32(22-27)36-31(38(45)49)17-19-35(37(36)44)53-21-20-52-30-23-46-24-30/h7-12,17-19,22,28-30,33,46H,13-16,20-21,23-25H2,1-6H3,(H2,45,49)(H,47,50). The highest BCUT2D eigenvalue weighted by Crippen LogP contribution is 2.40. The predicted octanol–water partition coefficient (Wildman–Crippen LogP) is 7.82. The average molecular weight is 781 g/mol. The van der Waals surface area contributed by atoms with Crippen LogP contribution in [0.2, 0.25) is 5.02 Å². The first kappa shape index (κ1) is 41.8. The first-order valence-corrected chi connectivity index (χ1v) is 19.3. The number of nitrogens with one attached hydrogen (secondary N) is 2. The first-order valence-electron chi connectivity index (χ1n) is 18.9. The zero-order valence-corrected chi connectivity index (χ0v) is 33.3. The topological polar surface area (TPSA) is 141 Å². The fourth-order valence-corrected chi connectivity index (χ4v) is 7.03. The number of rotatable bonds is 13. The number of nitrogens with zero attached hydrogens (tertiary/aromatic N) is 1. The smallest absolute Gasteiger partial charge is 0.410 e. The molecule has 1 heterocycles. The number of amides is 3. The minimum atomic E-state index is -0.824. The molecule has 3 aromatic carbocycles. The van der Waals surface area contributed by atoms with Crippen LogP contribution in [0.15, 0.2) is 60.7 Å². The van der Waals surface area contributed by atoms with E-state index in [9.17, 15) is 14.4 Å². The van der Waals surface area contributed by atoms with Crippen molar-refractivity contribution in [2.24, 2.45) is 5.73 Å². The maximum Gasteiger partial charge on any atom is 0.410 e. The van der Waals surface area contributed by atoms with Crippen molar-refractivity contribution in [2.75, 3.05) is 32.8 Å². The van der Waals surface area contributed by atoms with E-state index in [-0.39, 0.29) is 65.4 Å². The molecule has 3 amide bonds. The molecular weight excluding hydrogens is 727 g/mol. The summed E-state index contributed by atoms with van der Waals surface area (Å²) in [6.45, 7) is 13.0. The van der Waals surface area contributed by atoms with Gasteiger partial charge in [0.2, 0.25) is 5.91 Å². The van der Waals surface area contributed by atoms with Gasteiger partial charge in [-0.25, -0.2) is 14.0 Å². The highest BCUT2D eigenvalue weighted by atomic mass is 35.5. The number of alkyl carbamates (subject to hydrolysis) is 1. The Morgan fingerprint density at radius 3 is 2.18 bits per heavy atom. The van der Waals surface area contributed by atoms with E-state index in [1.807, 2.05) is 77.9 Å². The van der Waals surface area contributed by atoms with Crippen molar-refractivity contribution in [3.05, 3.63) is 88.2 Å². The molecule has 55 heavy (non-hydrogen) atoms. The molecule has 1 saturated heterocycles. The fourth-order valence-electron chi connectivity index (χ4n) is 6.82. The van der Waals surface area contributed by atoms with Gasteiger partial charge in [-0.2, -0.15) is 0 Å². The molecule has 3 aromatic rings. The summed E-state index contributed by atoms with van der Waals surface area (Å²) in [7, 11) is 0. The van der Waals surface area contributed by atoms with Crippen LogP contribution in [0.1, 0.15) is 94.6 Å². The van der Waals surface area contributed by atoms with Crippen molar-refractivity contribution in [1.29, 1.82) is 0 Å². The molecule has 0 spiro atoms. The largest absolute Gasteiger partial charge is 0.488 e. The third kappa shape index (κ3) is 11.6. The van der Waals surface area contributed by atoms with Gasteiger partial charge >= 0.3 is 12.2 Å². The van der Waals surface area contributed by atoms with Crippen LogP contribution in [-0.4, -0.2) is 85.2 Å². The molecule has 1 unspecified atom stereocenters.